The molecule has 2 aromatic heterocycles. The van der Waals surface area contributed by atoms with Gasteiger partial charge in [-0.25, -0.2) is 13.4 Å². The van der Waals surface area contributed by atoms with E-state index in [1.165, 1.54) is 6.20 Å². The number of carbonyl (C=O) groups excluding carboxylic acids is 1. The molecule has 0 saturated heterocycles. The monoisotopic (exact) mass is 565 g/mol. The first-order chi connectivity index (χ1) is 14.5. The number of aromatic nitrogens is 2. The lowest BCUT2D eigenvalue weighted by Gasteiger charge is -2.19. The predicted molar refractivity (Wildman–Crippen MR) is 128 cm³/mol. The van der Waals surface area contributed by atoms with Crippen molar-refractivity contribution in [1.82, 2.24) is 9.97 Å². The standard InChI is InChI=1S/C22H21Br2N3O3S/c1-22(2,3)15-4-6-17(7-5-15)31(29,30)27-21-9-8-18(24)19(26-21)11-20(28)14-10-16(23)13-25-12-14/h4-10,12-13H,11H2,1-3H3,(H,26,27). The first-order valence-electron chi connectivity index (χ1n) is 9.38. The van der Waals surface area contributed by atoms with Gasteiger partial charge in [0.2, 0.25) is 0 Å². The second-order valence-corrected chi connectivity index (χ2v) is 11.4. The Kier molecular flexibility index (Phi) is 6.98. The van der Waals surface area contributed by atoms with Crippen LogP contribution in [0.4, 0.5) is 5.82 Å². The van der Waals surface area contributed by atoms with Crippen LogP contribution in [0.1, 0.15) is 42.4 Å². The lowest BCUT2D eigenvalue weighted by Crippen LogP contribution is -2.16. The van der Waals surface area contributed by atoms with Crippen LogP contribution in [0.2, 0.25) is 0 Å². The summed E-state index contributed by atoms with van der Waals surface area (Å²) in [7, 11) is -3.82. The van der Waals surface area contributed by atoms with Crippen LogP contribution in [0, 0.1) is 0 Å². The van der Waals surface area contributed by atoms with Gasteiger partial charge in [0.05, 0.1) is 17.0 Å². The van der Waals surface area contributed by atoms with E-state index < -0.39 is 10.0 Å². The summed E-state index contributed by atoms with van der Waals surface area (Å²) in [4.78, 5) is 21.1. The van der Waals surface area contributed by atoms with Gasteiger partial charge in [-0.3, -0.25) is 14.5 Å². The Morgan fingerprint density at radius 1 is 1.03 bits per heavy atom. The molecule has 0 bridgehead atoms. The van der Waals surface area contributed by atoms with Gasteiger partial charge in [-0.1, -0.05) is 32.9 Å². The summed E-state index contributed by atoms with van der Waals surface area (Å²) in [6, 6.07) is 11.6. The molecule has 1 aromatic carbocycles. The number of nitrogens with zero attached hydrogens (tertiary/aromatic N) is 2. The fourth-order valence-electron chi connectivity index (χ4n) is 2.81. The second kappa shape index (κ2) is 9.18. The molecular weight excluding hydrogens is 546 g/mol. The fraction of sp³-hybridized carbons (Fsp3) is 0.227. The van der Waals surface area contributed by atoms with E-state index in [-0.39, 0.29) is 28.3 Å². The number of carbonyl (C=O) groups is 1. The van der Waals surface area contributed by atoms with Gasteiger partial charge in [0.15, 0.2) is 5.78 Å². The molecule has 0 fully saturated rings. The van der Waals surface area contributed by atoms with Crippen molar-refractivity contribution in [3.8, 4) is 0 Å². The van der Waals surface area contributed by atoms with Gasteiger partial charge in [-0.15, -0.1) is 0 Å². The minimum atomic E-state index is -3.82. The Morgan fingerprint density at radius 2 is 1.71 bits per heavy atom. The molecular formula is C22H21Br2N3O3S. The predicted octanol–water partition coefficient (Wildman–Crippen LogP) is 5.53. The van der Waals surface area contributed by atoms with E-state index >= 15 is 0 Å². The summed E-state index contributed by atoms with van der Waals surface area (Å²) in [5.74, 6) is -0.0435. The molecule has 3 aromatic rings. The number of hydrogen-bond acceptors (Lipinski definition) is 5. The summed E-state index contributed by atoms with van der Waals surface area (Å²) in [6.45, 7) is 6.19. The molecule has 162 valence electrons. The lowest BCUT2D eigenvalue weighted by molar-refractivity contribution is 0.0991. The zero-order chi connectivity index (χ0) is 22.8. The molecule has 0 saturated carbocycles. The van der Waals surface area contributed by atoms with Crippen LogP contribution in [-0.4, -0.2) is 24.2 Å². The van der Waals surface area contributed by atoms with Gasteiger partial charge in [-0.05, 0) is 73.2 Å². The van der Waals surface area contributed by atoms with E-state index in [0.29, 0.717) is 20.2 Å². The van der Waals surface area contributed by atoms with Crippen LogP contribution in [0.5, 0.6) is 0 Å². The maximum absolute atomic E-state index is 12.8. The highest BCUT2D eigenvalue weighted by Crippen LogP contribution is 2.25. The van der Waals surface area contributed by atoms with Gasteiger partial charge in [0.1, 0.15) is 5.82 Å². The second-order valence-electron chi connectivity index (χ2n) is 8.00. The van der Waals surface area contributed by atoms with Crippen molar-refractivity contribution in [2.45, 2.75) is 37.5 Å². The van der Waals surface area contributed by atoms with Crippen molar-refractivity contribution < 1.29 is 13.2 Å². The zero-order valence-electron chi connectivity index (χ0n) is 17.2. The van der Waals surface area contributed by atoms with E-state index in [1.807, 2.05) is 0 Å². The molecule has 0 unspecified atom stereocenters. The van der Waals surface area contributed by atoms with Crippen LogP contribution in [0.3, 0.4) is 0 Å². The summed E-state index contributed by atoms with van der Waals surface area (Å²) in [6.07, 6.45) is 3.07. The molecule has 1 N–H and O–H groups in total. The van der Waals surface area contributed by atoms with Gasteiger partial charge in [0, 0.05) is 26.9 Å². The quantitative estimate of drug-likeness (QED) is 0.396. The summed E-state index contributed by atoms with van der Waals surface area (Å²) < 4.78 is 29.4. The molecule has 0 aliphatic rings. The molecule has 9 heteroatoms. The largest absolute Gasteiger partial charge is 0.294 e. The van der Waals surface area contributed by atoms with Crippen LogP contribution in [0.25, 0.3) is 0 Å². The maximum Gasteiger partial charge on any atom is 0.263 e. The van der Waals surface area contributed by atoms with E-state index in [0.717, 1.165) is 5.56 Å². The van der Waals surface area contributed by atoms with Crippen LogP contribution >= 0.6 is 31.9 Å². The number of nitrogens with one attached hydrogen (secondary N) is 1. The SMILES string of the molecule is CC(C)(C)c1ccc(S(=O)(=O)Nc2ccc(Br)c(CC(=O)c3cncc(Br)c3)n2)cc1. The van der Waals surface area contributed by atoms with Gasteiger partial charge in [-0.2, -0.15) is 0 Å². The number of pyridine rings is 2. The highest BCUT2D eigenvalue weighted by Gasteiger charge is 2.19. The van der Waals surface area contributed by atoms with E-state index in [2.05, 4.69) is 67.3 Å². The molecule has 6 nitrogen and oxygen atoms in total. The normalized spacial score (nSPS) is 11.9. The van der Waals surface area contributed by atoms with E-state index in [4.69, 9.17) is 0 Å². The fourth-order valence-corrected chi connectivity index (χ4v) is 4.54. The summed E-state index contributed by atoms with van der Waals surface area (Å²) in [5, 5.41) is 0. The number of sulfonamides is 1. The van der Waals surface area contributed by atoms with Crippen LogP contribution < -0.4 is 4.72 Å². The highest BCUT2D eigenvalue weighted by molar-refractivity contribution is 9.10. The van der Waals surface area contributed by atoms with Crippen molar-refractivity contribution in [1.29, 1.82) is 0 Å². The maximum atomic E-state index is 12.8. The lowest BCUT2D eigenvalue weighted by atomic mass is 9.87. The number of halogens is 2. The molecule has 0 aliphatic carbocycles. The Labute approximate surface area is 198 Å². The number of rotatable bonds is 6. The third-order valence-electron chi connectivity index (χ3n) is 4.54. The smallest absolute Gasteiger partial charge is 0.263 e. The minimum absolute atomic E-state index is 0.00539. The van der Waals surface area contributed by atoms with E-state index in [1.54, 1.807) is 48.7 Å². The van der Waals surface area contributed by atoms with Crippen molar-refractivity contribution >= 4 is 53.5 Å². The first kappa shape index (κ1) is 23.6. The average Bonchev–Trinajstić information content (AvgIpc) is 2.70. The number of ketones is 1. The molecule has 0 aliphatic heterocycles. The summed E-state index contributed by atoms with van der Waals surface area (Å²) in [5.41, 5.74) is 1.83. The molecule has 0 radical (unpaired) electrons. The number of hydrogen-bond donors (Lipinski definition) is 1. The Balaban J connectivity index is 1.81. The summed E-state index contributed by atoms with van der Waals surface area (Å²) >= 11 is 6.68. The Morgan fingerprint density at radius 3 is 2.32 bits per heavy atom. The molecule has 3 rings (SSSR count). The molecule has 0 amide bonds. The van der Waals surface area contributed by atoms with Gasteiger partial charge in [0.25, 0.3) is 10.0 Å². The van der Waals surface area contributed by atoms with Gasteiger partial charge < -0.3 is 0 Å². The van der Waals surface area contributed by atoms with E-state index in [9.17, 15) is 13.2 Å². The highest BCUT2D eigenvalue weighted by atomic mass is 79.9. The van der Waals surface area contributed by atoms with Crippen LogP contribution in [0.15, 0.2) is 68.7 Å². The zero-order valence-corrected chi connectivity index (χ0v) is 21.2. The van der Waals surface area contributed by atoms with Crippen molar-refractivity contribution in [3.63, 3.8) is 0 Å². The topological polar surface area (TPSA) is 89.0 Å². The number of anilines is 1. The van der Waals surface area contributed by atoms with Crippen molar-refractivity contribution in [2.75, 3.05) is 4.72 Å². The Bertz CT molecular complexity index is 1220. The number of Topliss-reactive ketones (excluding diaryl/α,β-unsaturated/α-hetero) is 1. The number of benzene rings is 1. The van der Waals surface area contributed by atoms with Crippen molar-refractivity contribution in [3.05, 3.63) is 80.6 Å². The molecule has 0 spiro atoms. The molecule has 2 heterocycles. The minimum Gasteiger partial charge on any atom is -0.294 e. The van der Waals surface area contributed by atoms with Crippen molar-refractivity contribution in [2.24, 2.45) is 0 Å². The molecule has 31 heavy (non-hydrogen) atoms. The first-order valence-corrected chi connectivity index (χ1v) is 12.5. The van der Waals surface area contributed by atoms with Crippen LogP contribution in [-0.2, 0) is 21.9 Å². The van der Waals surface area contributed by atoms with Gasteiger partial charge >= 0.3 is 0 Å². The average molecular weight is 567 g/mol. The third-order valence-corrected chi connectivity index (χ3v) is 7.07. The Hall–Kier alpha value is -2.10. The third kappa shape index (κ3) is 5.99. The molecule has 0 atom stereocenters.